The van der Waals surface area contributed by atoms with Gasteiger partial charge in [0.1, 0.15) is 0 Å². The summed E-state index contributed by atoms with van der Waals surface area (Å²) >= 11 is 0. The van der Waals surface area contributed by atoms with Gasteiger partial charge in [-0.3, -0.25) is 0 Å². The third kappa shape index (κ3) is 3.12. The van der Waals surface area contributed by atoms with Crippen LogP contribution in [0.25, 0.3) is 0 Å². The van der Waals surface area contributed by atoms with E-state index in [0.29, 0.717) is 0 Å². The fourth-order valence-electron chi connectivity index (χ4n) is 3.80. The van der Waals surface area contributed by atoms with Gasteiger partial charge in [0.25, 0.3) is 0 Å². The van der Waals surface area contributed by atoms with Gasteiger partial charge in [0, 0.05) is 5.56 Å². The predicted octanol–water partition coefficient (Wildman–Crippen LogP) is 4.61. The summed E-state index contributed by atoms with van der Waals surface area (Å²) < 4.78 is 33.2. The number of benzene rings is 1. The minimum absolute atomic E-state index is 0.0295. The van der Waals surface area contributed by atoms with Crippen molar-refractivity contribution in [3.63, 3.8) is 0 Å². The lowest BCUT2D eigenvalue weighted by Gasteiger charge is -2.32. The first-order valence-corrected chi connectivity index (χ1v) is 8.40. The molecular weight excluding hydrogens is 286 g/mol. The van der Waals surface area contributed by atoms with Gasteiger partial charge in [0.05, 0.1) is 12.7 Å². The van der Waals surface area contributed by atoms with E-state index in [0.717, 1.165) is 37.5 Å². The second kappa shape index (κ2) is 6.53. The van der Waals surface area contributed by atoms with Crippen molar-refractivity contribution in [2.24, 2.45) is 17.8 Å². The van der Waals surface area contributed by atoms with Crippen LogP contribution in [0.15, 0.2) is 12.1 Å². The van der Waals surface area contributed by atoms with Gasteiger partial charge in [-0.1, -0.05) is 0 Å². The molecule has 2 nitrogen and oxygen atoms in total. The number of rotatable bonds is 5. The molecular formula is C18H24F2O2. The molecule has 1 aromatic rings. The normalized spacial score (nSPS) is 26.7. The Bertz CT molecular complexity index is 520. The summed E-state index contributed by atoms with van der Waals surface area (Å²) in [5, 5.41) is 10.5. The van der Waals surface area contributed by atoms with Crippen LogP contribution in [0.4, 0.5) is 8.78 Å². The van der Waals surface area contributed by atoms with Crippen molar-refractivity contribution in [1.82, 2.24) is 0 Å². The summed E-state index contributed by atoms with van der Waals surface area (Å²) in [5.41, 5.74) is 0.0656. The molecule has 1 atom stereocenters. The number of aliphatic hydroxyl groups is 1. The Hall–Kier alpha value is -1.16. The fourth-order valence-corrected chi connectivity index (χ4v) is 3.80. The number of hydrogen-bond donors (Lipinski definition) is 1. The molecule has 2 aliphatic carbocycles. The van der Waals surface area contributed by atoms with Crippen LogP contribution in [0.1, 0.15) is 57.1 Å². The number of hydrogen-bond acceptors (Lipinski definition) is 2. The Morgan fingerprint density at radius 1 is 1.05 bits per heavy atom. The predicted molar refractivity (Wildman–Crippen MR) is 80.7 cm³/mol. The van der Waals surface area contributed by atoms with Gasteiger partial charge < -0.3 is 9.84 Å². The smallest absolute Gasteiger partial charge is 0.200 e. The lowest BCUT2D eigenvalue weighted by atomic mass is 9.76. The third-order valence-electron chi connectivity index (χ3n) is 5.25. The van der Waals surface area contributed by atoms with E-state index in [1.165, 1.54) is 25.0 Å². The van der Waals surface area contributed by atoms with Crippen LogP contribution in [-0.2, 0) is 0 Å². The highest BCUT2D eigenvalue weighted by Gasteiger charge is 2.36. The number of halogens is 2. The zero-order chi connectivity index (χ0) is 15.7. The Kier molecular flexibility index (Phi) is 4.67. The van der Waals surface area contributed by atoms with Gasteiger partial charge in [0.2, 0.25) is 5.82 Å². The summed E-state index contributed by atoms with van der Waals surface area (Å²) in [6.07, 6.45) is 5.77. The highest BCUT2D eigenvalue weighted by Crippen LogP contribution is 2.47. The maximum absolute atomic E-state index is 14.2. The first-order chi connectivity index (χ1) is 10.6. The Balaban J connectivity index is 1.69. The van der Waals surface area contributed by atoms with Crippen molar-refractivity contribution in [2.75, 3.05) is 6.61 Å². The van der Waals surface area contributed by atoms with E-state index in [2.05, 4.69) is 0 Å². The van der Waals surface area contributed by atoms with Gasteiger partial charge >= 0.3 is 0 Å². The van der Waals surface area contributed by atoms with Crippen LogP contribution >= 0.6 is 0 Å². The van der Waals surface area contributed by atoms with E-state index < -0.39 is 17.7 Å². The third-order valence-corrected chi connectivity index (χ3v) is 5.25. The lowest BCUT2D eigenvalue weighted by Crippen LogP contribution is -2.22. The van der Waals surface area contributed by atoms with E-state index >= 15 is 0 Å². The summed E-state index contributed by atoms with van der Waals surface area (Å²) in [6.45, 7) is 2.00. The van der Waals surface area contributed by atoms with Gasteiger partial charge in [-0.05, 0) is 75.3 Å². The fraction of sp³-hybridized carbons (Fsp3) is 0.667. The van der Waals surface area contributed by atoms with Gasteiger partial charge in [-0.25, -0.2) is 4.39 Å². The van der Waals surface area contributed by atoms with Crippen LogP contribution in [0.3, 0.4) is 0 Å². The first kappa shape index (κ1) is 15.7. The molecule has 0 aromatic heterocycles. The van der Waals surface area contributed by atoms with Crippen LogP contribution in [0.5, 0.6) is 5.75 Å². The van der Waals surface area contributed by atoms with Crippen LogP contribution in [0.2, 0.25) is 0 Å². The van der Waals surface area contributed by atoms with Gasteiger partial charge in [-0.15, -0.1) is 0 Å². The van der Waals surface area contributed by atoms with Crippen molar-refractivity contribution >= 4 is 0 Å². The molecule has 0 bridgehead atoms. The molecule has 2 fully saturated rings. The van der Waals surface area contributed by atoms with E-state index in [1.807, 2.05) is 0 Å². The van der Waals surface area contributed by atoms with Crippen molar-refractivity contribution in [2.45, 2.75) is 51.6 Å². The molecule has 1 aromatic carbocycles. The Labute approximate surface area is 130 Å². The maximum Gasteiger partial charge on any atom is 0.200 e. The molecule has 0 aliphatic heterocycles. The molecule has 22 heavy (non-hydrogen) atoms. The molecule has 0 spiro atoms. The van der Waals surface area contributed by atoms with E-state index in [1.54, 1.807) is 6.92 Å². The lowest BCUT2D eigenvalue weighted by molar-refractivity contribution is 0.0670. The molecule has 0 saturated heterocycles. The van der Waals surface area contributed by atoms with Gasteiger partial charge in [0.15, 0.2) is 11.6 Å². The average molecular weight is 310 g/mol. The molecule has 3 rings (SSSR count). The molecule has 2 saturated carbocycles. The van der Waals surface area contributed by atoms with Crippen molar-refractivity contribution < 1.29 is 18.6 Å². The standard InChI is InChI=1S/C18H24F2O2/c1-2-22-15-10-9-14(16(19)17(15)20)18(21)13-7-5-12(6-8-13)11-3-4-11/h9-13,18,21H,2-8H2,1H3. The monoisotopic (exact) mass is 310 g/mol. The average Bonchev–Trinajstić information content (AvgIpc) is 3.37. The molecule has 0 heterocycles. The quantitative estimate of drug-likeness (QED) is 0.860. The summed E-state index contributed by atoms with van der Waals surface area (Å²) in [4.78, 5) is 0. The summed E-state index contributed by atoms with van der Waals surface area (Å²) in [5.74, 6) is -0.355. The number of ether oxygens (including phenoxy) is 1. The number of aliphatic hydroxyl groups excluding tert-OH is 1. The minimum Gasteiger partial charge on any atom is -0.491 e. The van der Waals surface area contributed by atoms with E-state index in [4.69, 9.17) is 4.74 Å². The molecule has 1 N–H and O–H groups in total. The second-order valence-corrected chi connectivity index (χ2v) is 6.67. The molecule has 0 amide bonds. The summed E-state index contributed by atoms with van der Waals surface area (Å²) in [6, 6.07) is 2.87. The molecule has 1 unspecified atom stereocenters. The topological polar surface area (TPSA) is 29.5 Å². The van der Waals surface area contributed by atoms with Crippen molar-refractivity contribution in [1.29, 1.82) is 0 Å². The largest absolute Gasteiger partial charge is 0.491 e. The highest BCUT2D eigenvalue weighted by molar-refractivity contribution is 5.32. The van der Waals surface area contributed by atoms with Crippen LogP contribution in [-0.4, -0.2) is 11.7 Å². The SMILES string of the molecule is CCOc1ccc(C(O)C2CCC(C3CC3)CC2)c(F)c1F. The van der Waals surface area contributed by atoms with E-state index in [9.17, 15) is 13.9 Å². The zero-order valence-corrected chi connectivity index (χ0v) is 13.0. The summed E-state index contributed by atoms with van der Waals surface area (Å²) in [7, 11) is 0. The van der Waals surface area contributed by atoms with Crippen molar-refractivity contribution in [3.05, 3.63) is 29.3 Å². The maximum atomic E-state index is 14.2. The molecule has 4 heteroatoms. The van der Waals surface area contributed by atoms with Crippen LogP contribution < -0.4 is 4.74 Å². The first-order valence-electron chi connectivity index (χ1n) is 8.40. The van der Waals surface area contributed by atoms with E-state index in [-0.39, 0.29) is 23.8 Å². The second-order valence-electron chi connectivity index (χ2n) is 6.67. The van der Waals surface area contributed by atoms with Crippen molar-refractivity contribution in [3.8, 4) is 5.75 Å². The Morgan fingerprint density at radius 3 is 2.18 bits per heavy atom. The highest BCUT2D eigenvalue weighted by atomic mass is 19.2. The molecule has 122 valence electrons. The molecule has 2 aliphatic rings. The van der Waals surface area contributed by atoms with Crippen LogP contribution in [0, 0.1) is 29.4 Å². The minimum atomic E-state index is -0.995. The zero-order valence-electron chi connectivity index (χ0n) is 13.0. The Morgan fingerprint density at radius 2 is 1.64 bits per heavy atom. The van der Waals surface area contributed by atoms with Gasteiger partial charge in [-0.2, -0.15) is 4.39 Å². The molecule has 0 radical (unpaired) electrons.